The van der Waals surface area contributed by atoms with Gasteiger partial charge in [0.2, 0.25) is 0 Å². The molecule has 0 radical (unpaired) electrons. The van der Waals surface area contributed by atoms with Gasteiger partial charge in [0.1, 0.15) is 5.69 Å². The van der Waals surface area contributed by atoms with Crippen molar-refractivity contribution in [2.75, 3.05) is 0 Å². The van der Waals surface area contributed by atoms with E-state index in [-0.39, 0.29) is 0 Å². The zero-order chi connectivity index (χ0) is 13.5. The summed E-state index contributed by atoms with van der Waals surface area (Å²) in [7, 11) is 1.94. The summed E-state index contributed by atoms with van der Waals surface area (Å²) in [5, 5.41) is 6.88. The van der Waals surface area contributed by atoms with Crippen molar-refractivity contribution in [1.82, 2.24) is 14.8 Å². The molecule has 96 valence electrons. The van der Waals surface area contributed by atoms with Gasteiger partial charge >= 0.3 is 0 Å². The Balaban J connectivity index is 2.10. The number of fused-ring (bicyclic) bond motifs is 2. The van der Waals surface area contributed by atoms with Crippen molar-refractivity contribution >= 4 is 21.9 Å². The summed E-state index contributed by atoms with van der Waals surface area (Å²) in [6.07, 6.45) is 0. The van der Waals surface area contributed by atoms with E-state index in [1.807, 2.05) is 48.1 Å². The zero-order valence-electron chi connectivity index (χ0n) is 11.1. The number of aryl methyl sites for hydroxylation is 1. The van der Waals surface area contributed by atoms with E-state index in [0.717, 1.165) is 33.2 Å². The fraction of sp³-hybridized carbons (Fsp3) is 0.0588. The maximum absolute atomic E-state index is 4.72. The first-order valence-corrected chi connectivity index (χ1v) is 6.61. The van der Waals surface area contributed by atoms with E-state index in [1.165, 1.54) is 0 Å². The van der Waals surface area contributed by atoms with Crippen LogP contribution in [0.15, 0.2) is 60.7 Å². The minimum absolute atomic E-state index is 0.919. The smallest absolute Gasteiger partial charge is 0.158 e. The summed E-state index contributed by atoms with van der Waals surface area (Å²) < 4.78 is 1.85. The van der Waals surface area contributed by atoms with Crippen LogP contribution in [0.4, 0.5) is 0 Å². The highest BCUT2D eigenvalue weighted by Crippen LogP contribution is 2.28. The van der Waals surface area contributed by atoms with Gasteiger partial charge in [0.25, 0.3) is 0 Å². The van der Waals surface area contributed by atoms with Crippen LogP contribution >= 0.6 is 0 Å². The van der Waals surface area contributed by atoms with E-state index < -0.39 is 0 Å². The van der Waals surface area contributed by atoms with E-state index >= 15 is 0 Å². The molecule has 0 atom stereocenters. The molecule has 0 aliphatic rings. The summed E-state index contributed by atoms with van der Waals surface area (Å²) >= 11 is 0. The van der Waals surface area contributed by atoms with Gasteiger partial charge in [0.05, 0.1) is 5.52 Å². The molecule has 4 aromatic rings. The van der Waals surface area contributed by atoms with Crippen LogP contribution < -0.4 is 0 Å². The minimum Gasteiger partial charge on any atom is -0.250 e. The molecule has 4 rings (SSSR count). The van der Waals surface area contributed by atoms with Gasteiger partial charge in [-0.05, 0) is 12.1 Å². The lowest BCUT2D eigenvalue weighted by atomic mass is 10.1. The van der Waals surface area contributed by atoms with Gasteiger partial charge < -0.3 is 0 Å². The highest BCUT2D eigenvalue weighted by atomic mass is 15.3. The minimum atomic E-state index is 0.919. The number of para-hydroxylation sites is 1. The first-order chi connectivity index (χ1) is 9.83. The molecule has 2 heterocycles. The van der Waals surface area contributed by atoms with E-state index in [9.17, 15) is 0 Å². The highest BCUT2D eigenvalue weighted by Gasteiger charge is 2.12. The predicted octanol–water partition coefficient (Wildman–Crippen LogP) is 3.79. The second-order valence-electron chi connectivity index (χ2n) is 4.89. The monoisotopic (exact) mass is 259 g/mol. The quantitative estimate of drug-likeness (QED) is 0.520. The Bertz CT molecular complexity index is 907. The topological polar surface area (TPSA) is 30.7 Å². The summed E-state index contributed by atoms with van der Waals surface area (Å²) in [6.45, 7) is 0. The maximum Gasteiger partial charge on any atom is 0.158 e. The number of rotatable bonds is 1. The van der Waals surface area contributed by atoms with Gasteiger partial charge in [-0.15, -0.1) is 0 Å². The first kappa shape index (κ1) is 11.2. The van der Waals surface area contributed by atoms with E-state index in [2.05, 4.69) is 29.4 Å². The van der Waals surface area contributed by atoms with Crippen LogP contribution in [0.3, 0.4) is 0 Å². The van der Waals surface area contributed by atoms with Crippen LogP contribution in [0.5, 0.6) is 0 Å². The molecule has 3 heteroatoms. The molecule has 0 aliphatic carbocycles. The van der Waals surface area contributed by atoms with Crippen LogP contribution in [-0.4, -0.2) is 14.8 Å². The van der Waals surface area contributed by atoms with Crippen molar-refractivity contribution in [3.63, 3.8) is 0 Å². The fourth-order valence-electron chi connectivity index (χ4n) is 2.59. The molecule has 2 aromatic carbocycles. The molecule has 0 spiro atoms. The molecule has 0 fully saturated rings. The van der Waals surface area contributed by atoms with E-state index in [4.69, 9.17) is 4.98 Å². The van der Waals surface area contributed by atoms with Crippen LogP contribution in [0.1, 0.15) is 0 Å². The van der Waals surface area contributed by atoms with Gasteiger partial charge in [-0.3, -0.25) is 0 Å². The van der Waals surface area contributed by atoms with Gasteiger partial charge in [-0.1, -0.05) is 48.5 Å². The largest absolute Gasteiger partial charge is 0.250 e. The van der Waals surface area contributed by atoms with Crippen molar-refractivity contribution < 1.29 is 0 Å². The number of benzene rings is 2. The molecule has 3 nitrogen and oxygen atoms in total. The summed E-state index contributed by atoms with van der Waals surface area (Å²) in [5.74, 6) is 0. The van der Waals surface area contributed by atoms with Crippen molar-refractivity contribution in [3.05, 3.63) is 60.7 Å². The highest BCUT2D eigenvalue weighted by molar-refractivity contribution is 5.98. The molecule has 20 heavy (non-hydrogen) atoms. The second-order valence-corrected chi connectivity index (χ2v) is 4.89. The van der Waals surface area contributed by atoms with Gasteiger partial charge in [-0.2, -0.15) is 5.10 Å². The van der Waals surface area contributed by atoms with Crippen LogP contribution in [-0.2, 0) is 7.05 Å². The number of pyridine rings is 1. The molecule has 0 saturated carbocycles. The molecule has 0 unspecified atom stereocenters. The molecule has 2 aromatic heterocycles. The third-order valence-corrected chi connectivity index (χ3v) is 3.56. The maximum atomic E-state index is 4.72. The fourth-order valence-corrected chi connectivity index (χ4v) is 2.59. The van der Waals surface area contributed by atoms with Crippen LogP contribution in [0, 0.1) is 0 Å². The average Bonchev–Trinajstić information content (AvgIpc) is 2.83. The second kappa shape index (κ2) is 4.17. The number of nitrogens with zero attached hydrogens (tertiary/aromatic N) is 3. The van der Waals surface area contributed by atoms with Crippen LogP contribution in [0.2, 0.25) is 0 Å². The summed E-state index contributed by atoms with van der Waals surface area (Å²) in [5.41, 5.74) is 4.03. The SMILES string of the molecule is Cn1nc(-c2ccccc2)c2cc3ccccc3nc21. The Morgan fingerprint density at radius 3 is 2.50 bits per heavy atom. The Labute approximate surface area is 116 Å². The van der Waals surface area contributed by atoms with Gasteiger partial charge in [-0.25, -0.2) is 9.67 Å². The Morgan fingerprint density at radius 2 is 1.65 bits per heavy atom. The average molecular weight is 259 g/mol. The van der Waals surface area contributed by atoms with Crippen molar-refractivity contribution in [3.8, 4) is 11.3 Å². The molecule has 0 bridgehead atoms. The van der Waals surface area contributed by atoms with Crippen molar-refractivity contribution in [2.45, 2.75) is 0 Å². The third kappa shape index (κ3) is 1.60. The molecular weight excluding hydrogens is 246 g/mol. The molecule has 0 amide bonds. The predicted molar refractivity (Wildman–Crippen MR) is 81.5 cm³/mol. The van der Waals surface area contributed by atoms with Crippen molar-refractivity contribution in [2.24, 2.45) is 7.05 Å². The lowest BCUT2D eigenvalue weighted by molar-refractivity contribution is 0.791. The number of aromatic nitrogens is 3. The normalized spacial score (nSPS) is 11.2. The number of hydrogen-bond donors (Lipinski definition) is 0. The number of hydrogen-bond acceptors (Lipinski definition) is 2. The third-order valence-electron chi connectivity index (χ3n) is 3.56. The van der Waals surface area contributed by atoms with E-state index in [1.54, 1.807) is 0 Å². The summed E-state index contributed by atoms with van der Waals surface area (Å²) in [6, 6.07) is 20.6. The zero-order valence-corrected chi connectivity index (χ0v) is 11.1. The van der Waals surface area contributed by atoms with E-state index in [0.29, 0.717) is 0 Å². The molecule has 0 N–H and O–H groups in total. The lowest BCUT2D eigenvalue weighted by Gasteiger charge is -1.99. The Morgan fingerprint density at radius 1 is 0.900 bits per heavy atom. The molecule has 0 aliphatic heterocycles. The first-order valence-electron chi connectivity index (χ1n) is 6.61. The standard InChI is InChI=1S/C17H13N3/c1-20-17-14(11-13-9-5-6-10-15(13)18-17)16(19-20)12-7-3-2-4-8-12/h2-11H,1H3. The molecular formula is C17H13N3. The summed E-state index contributed by atoms with van der Waals surface area (Å²) in [4.78, 5) is 4.72. The Kier molecular flexibility index (Phi) is 2.33. The van der Waals surface area contributed by atoms with Gasteiger partial charge in [0.15, 0.2) is 5.65 Å². The molecule has 0 saturated heterocycles. The Hall–Kier alpha value is -2.68. The van der Waals surface area contributed by atoms with Crippen molar-refractivity contribution in [1.29, 1.82) is 0 Å². The van der Waals surface area contributed by atoms with Crippen LogP contribution in [0.25, 0.3) is 33.2 Å². The van der Waals surface area contributed by atoms with Gasteiger partial charge in [0, 0.05) is 23.4 Å². The lowest BCUT2D eigenvalue weighted by Crippen LogP contribution is -1.92.